The molecule has 19 heavy (non-hydrogen) atoms. The summed E-state index contributed by atoms with van der Waals surface area (Å²) in [4.78, 5) is 7.73. The zero-order valence-corrected chi connectivity index (χ0v) is 10.3. The molecule has 0 fully saturated rings. The van der Waals surface area contributed by atoms with Gasteiger partial charge in [0.25, 0.3) is 0 Å². The molecule has 0 bridgehead atoms. The highest BCUT2D eigenvalue weighted by molar-refractivity contribution is 5.79. The van der Waals surface area contributed by atoms with Gasteiger partial charge in [-0.15, -0.1) is 6.42 Å². The minimum absolute atomic E-state index is 0.118. The van der Waals surface area contributed by atoms with Crippen molar-refractivity contribution in [3.63, 3.8) is 0 Å². The Morgan fingerprint density at radius 2 is 2.26 bits per heavy atom. The summed E-state index contributed by atoms with van der Waals surface area (Å²) in [5.41, 5.74) is 0. The molecule has 0 spiro atoms. The Bertz CT molecular complexity index is 469. The number of hydrogen-bond acceptors (Lipinski definition) is 2. The summed E-state index contributed by atoms with van der Waals surface area (Å²) >= 11 is 0. The fourth-order valence-corrected chi connectivity index (χ4v) is 1.36. The molecule has 0 radical (unpaired) electrons. The maximum absolute atomic E-state index is 12.3. The van der Waals surface area contributed by atoms with E-state index in [1.165, 1.54) is 19.4 Å². The van der Waals surface area contributed by atoms with Crippen LogP contribution in [-0.2, 0) is 13.1 Å². The summed E-state index contributed by atoms with van der Waals surface area (Å²) in [5, 5.41) is 5.62. The van der Waals surface area contributed by atoms with Crippen LogP contribution < -0.4 is 10.6 Å². The molecular formula is C11H14F3N5. The molecule has 0 amide bonds. The number of aromatic nitrogens is 2. The fourth-order valence-electron chi connectivity index (χ4n) is 1.36. The molecule has 1 rings (SSSR count). The van der Waals surface area contributed by atoms with Gasteiger partial charge in [-0.3, -0.25) is 4.99 Å². The van der Waals surface area contributed by atoms with E-state index >= 15 is 0 Å². The second-order valence-electron chi connectivity index (χ2n) is 3.57. The highest BCUT2D eigenvalue weighted by atomic mass is 19.4. The number of aliphatic imine (C=N–C) groups is 1. The number of rotatable bonds is 4. The first-order valence-electron chi connectivity index (χ1n) is 5.41. The predicted octanol–water partition coefficient (Wildman–Crippen LogP) is 0.744. The van der Waals surface area contributed by atoms with Gasteiger partial charge in [0.15, 0.2) is 5.96 Å². The normalized spacial score (nSPS) is 12.1. The van der Waals surface area contributed by atoms with Crippen molar-refractivity contribution in [2.24, 2.45) is 4.99 Å². The van der Waals surface area contributed by atoms with E-state index < -0.39 is 12.7 Å². The zero-order valence-electron chi connectivity index (χ0n) is 10.3. The Balaban J connectivity index is 2.59. The summed E-state index contributed by atoms with van der Waals surface area (Å²) in [6.07, 6.45) is 3.40. The molecule has 104 valence electrons. The Labute approximate surface area is 108 Å². The lowest BCUT2D eigenvalue weighted by Crippen LogP contribution is -2.37. The van der Waals surface area contributed by atoms with Crippen molar-refractivity contribution in [2.75, 3.05) is 13.6 Å². The summed E-state index contributed by atoms with van der Waals surface area (Å²) in [6, 6.07) is 0. The van der Waals surface area contributed by atoms with Crippen molar-refractivity contribution in [1.29, 1.82) is 0 Å². The molecule has 1 heterocycles. The molecule has 0 aliphatic carbocycles. The monoisotopic (exact) mass is 273 g/mol. The molecule has 0 aliphatic heterocycles. The number of terminal acetylenes is 1. The van der Waals surface area contributed by atoms with Crippen molar-refractivity contribution >= 4 is 5.96 Å². The Morgan fingerprint density at radius 1 is 1.53 bits per heavy atom. The van der Waals surface area contributed by atoms with Crippen molar-refractivity contribution in [3.05, 3.63) is 18.2 Å². The Morgan fingerprint density at radius 3 is 2.84 bits per heavy atom. The number of nitrogens with one attached hydrogen (secondary N) is 2. The van der Waals surface area contributed by atoms with Gasteiger partial charge in [-0.05, 0) is 0 Å². The number of halogens is 3. The molecule has 0 aromatic carbocycles. The van der Waals surface area contributed by atoms with Gasteiger partial charge >= 0.3 is 6.18 Å². The predicted molar refractivity (Wildman–Crippen MR) is 65.3 cm³/mol. The van der Waals surface area contributed by atoms with E-state index in [1.54, 1.807) is 0 Å². The third kappa shape index (κ3) is 5.33. The Kier molecular flexibility index (Phi) is 5.23. The van der Waals surface area contributed by atoms with Crippen LogP contribution in [0.5, 0.6) is 0 Å². The molecule has 5 nitrogen and oxygen atoms in total. The van der Waals surface area contributed by atoms with Gasteiger partial charge in [0, 0.05) is 19.4 Å². The van der Waals surface area contributed by atoms with Gasteiger partial charge in [-0.25, -0.2) is 4.98 Å². The number of hydrogen-bond donors (Lipinski definition) is 2. The van der Waals surface area contributed by atoms with Crippen molar-refractivity contribution in [3.8, 4) is 12.3 Å². The first-order valence-corrected chi connectivity index (χ1v) is 5.41. The second-order valence-corrected chi connectivity index (χ2v) is 3.57. The lowest BCUT2D eigenvalue weighted by atomic mass is 10.5. The van der Waals surface area contributed by atoms with Crippen LogP contribution in [0.1, 0.15) is 5.82 Å². The molecule has 0 atom stereocenters. The van der Waals surface area contributed by atoms with Gasteiger partial charge in [0.1, 0.15) is 12.4 Å². The zero-order chi connectivity index (χ0) is 14.3. The third-order valence-electron chi connectivity index (χ3n) is 2.15. The van der Waals surface area contributed by atoms with E-state index in [9.17, 15) is 13.2 Å². The number of guanidine groups is 1. The van der Waals surface area contributed by atoms with Crippen LogP contribution in [0.3, 0.4) is 0 Å². The summed E-state index contributed by atoms with van der Waals surface area (Å²) in [7, 11) is 1.54. The molecule has 0 unspecified atom stereocenters. The molecule has 2 N–H and O–H groups in total. The van der Waals surface area contributed by atoms with E-state index in [4.69, 9.17) is 6.42 Å². The van der Waals surface area contributed by atoms with Crippen molar-refractivity contribution in [1.82, 2.24) is 20.2 Å². The molecule has 8 heteroatoms. The molecule has 1 aromatic rings. The summed E-state index contributed by atoms with van der Waals surface area (Å²) in [6.45, 7) is -0.676. The van der Waals surface area contributed by atoms with E-state index in [0.717, 1.165) is 4.57 Å². The highest BCUT2D eigenvalue weighted by Crippen LogP contribution is 2.18. The lowest BCUT2D eigenvalue weighted by Gasteiger charge is -2.13. The summed E-state index contributed by atoms with van der Waals surface area (Å²) in [5.74, 6) is 3.03. The van der Waals surface area contributed by atoms with Crippen LogP contribution in [0, 0.1) is 12.3 Å². The van der Waals surface area contributed by atoms with Gasteiger partial charge in [-0.2, -0.15) is 13.2 Å². The van der Waals surface area contributed by atoms with Crippen molar-refractivity contribution < 1.29 is 13.2 Å². The average molecular weight is 273 g/mol. The first kappa shape index (κ1) is 14.9. The number of nitrogens with zero attached hydrogens (tertiary/aromatic N) is 3. The third-order valence-corrected chi connectivity index (χ3v) is 2.15. The second kappa shape index (κ2) is 6.68. The highest BCUT2D eigenvalue weighted by Gasteiger charge is 2.28. The minimum Gasteiger partial charge on any atom is -0.349 e. The van der Waals surface area contributed by atoms with Crippen LogP contribution in [0.2, 0.25) is 0 Å². The quantitative estimate of drug-likeness (QED) is 0.483. The first-order chi connectivity index (χ1) is 8.96. The van der Waals surface area contributed by atoms with Gasteiger partial charge in [0.05, 0.1) is 13.1 Å². The SMILES string of the molecule is C#CCNC(=NC)NCc1nccn1CC(F)(F)F. The van der Waals surface area contributed by atoms with Crippen molar-refractivity contribution in [2.45, 2.75) is 19.3 Å². The van der Waals surface area contributed by atoms with E-state index in [-0.39, 0.29) is 18.9 Å². The smallest absolute Gasteiger partial charge is 0.349 e. The van der Waals surface area contributed by atoms with E-state index in [0.29, 0.717) is 5.96 Å². The fraction of sp³-hybridized carbons (Fsp3) is 0.455. The maximum Gasteiger partial charge on any atom is 0.406 e. The number of alkyl halides is 3. The van der Waals surface area contributed by atoms with E-state index in [1.807, 2.05) is 0 Å². The standard InChI is InChI=1S/C11H14F3N5/c1-3-4-17-10(15-2)18-7-9-16-5-6-19(9)8-11(12,13)14/h1,5-6H,4,7-8H2,2H3,(H2,15,17,18). The molecule has 0 saturated heterocycles. The molecule has 1 aromatic heterocycles. The summed E-state index contributed by atoms with van der Waals surface area (Å²) < 4.78 is 37.9. The number of imidazole rings is 1. The van der Waals surface area contributed by atoms with Crippen LogP contribution in [-0.4, -0.2) is 35.3 Å². The van der Waals surface area contributed by atoms with Crippen LogP contribution >= 0.6 is 0 Å². The average Bonchev–Trinajstić information content (AvgIpc) is 2.74. The van der Waals surface area contributed by atoms with E-state index in [2.05, 4.69) is 26.5 Å². The lowest BCUT2D eigenvalue weighted by molar-refractivity contribution is -0.141. The van der Waals surface area contributed by atoms with Gasteiger partial charge < -0.3 is 15.2 Å². The minimum atomic E-state index is -4.28. The Hall–Kier alpha value is -2.17. The van der Waals surface area contributed by atoms with Crippen LogP contribution in [0.15, 0.2) is 17.4 Å². The van der Waals surface area contributed by atoms with Gasteiger partial charge in [0.2, 0.25) is 0 Å². The van der Waals surface area contributed by atoms with Gasteiger partial charge in [-0.1, -0.05) is 5.92 Å². The topological polar surface area (TPSA) is 54.2 Å². The largest absolute Gasteiger partial charge is 0.406 e. The maximum atomic E-state index is 12.3. The van der Waals surface area contributed by atoms with Crippen LogP contribution in [0.25, 0.3) is 0 Å². The van der Waals surface area contributed by atoms with Crippen LogP contribution in [0.4, 0.5) is 13.2 Å². The molecule has 0 aliphatic rings. The molecule has 0 saturated carbocycles. The molecular weight excluding hydrogens is 259 g/mol.